The second-order valence-electron chi connectivity index (χ2n) is 4.39. The van der Waals surface area contributed by atoms with Crippen molar-refractivity contribution in [3.63, 3.8) is 0 Å². The molecule has 1 nitrogen and oxygen atoms in total. The van der Waals surface area contributed by atoms with Crippen LogP contribution in [0.4, 0.5) is 10.1 Å². The normalized spacial score (nSPS) is 10.7. The fourth-order valence-electron chi connectivity index (χ4n) is 1.58. The van der Waals surface area contributed by atoms with Crippen LogP contribution in [0.5, 0.6) is 0 Å². The Labute approximate surface area is 91.7 Å². The molecule has 0 aliphatic heterocycles. The minimum absolute atomic E-state index is 0.153. The van der Waals surface area contributed by atoms with E-state index in [-0.39, 0.29) is 5.82 Å². The third-order valence-corrected chi connectivity index (χ3v) is 2.48. The maximum Gasteiger partial charge on any atom is 0.146 e. The summed E-state index contributed by atoms with van der Waals surface area (Å²) in [5.41, 5.74) is 1.63. The summed E-state index contributed by atoms with van der Waals surface area (Å²) in [5, 5.41) is 3.16. The standard InChI is InChI=1S/C13H20FN/c1-10(2)6-5-9-15-13-11(3)7-4-8-12(13)14/h4,7-8,10,15H,5-6,9H2,1-3H3. The summed E-state index contributed by atoms with van der Waals surface area (Å²) in [5.74, 6) is 0.563. The van der Waals surface area contributed by atoms with Crippen molar-refractivity contribution in [3.05, 3.63) is 29.6 Å². The maximum absolute atomic E-state index is 13.4. The molecule has 1 aromatic rings. The smallest absolute Gasteiger partial charge is 0.146 e. The third-order valence-electron chi connectivity index (χ3n) is 2.48. The highest BCUT2D eigenvalue weighted by Gasteiger charge is 2.03. The van der Waals surface area contributed by atoms with Crippen molar-refractivity contribution in [2.75, 3.05) is 11.9 Å². The van der Waals surface area contributed by atoms with Crippen LogP contribution in [0, 0.1) is 18.7 Å². The average Bonchev–Trinajstić information content (AvgIpc) is 2.15. The van der Waals surface area contributed by atoms with Gasteiger partial charge in [-0.3, -0.25) is 0 Å². The van der Waals surface area contributed by atoms with Gasteiger partial charge in [-0.1, -0.05) is 26.0 Å². The first-order valence-corrected chi connectivity index (χ1v) is 5.60. The Kier molecular flexibility index (Phi) is 4.60. The summed E-state index contributed by atoms with van der Waals surface area (Å²) < 4.78 is 13.4. The first kappa shape index (κ1) is 12.0. The van der Waals surface area contributed by atoms with Crippen LogP contribution in [-0.2, 0) is 0 Å². The number of hydrogen-bond donors (Lipinski definition) is 1. The van der Waals surface area contributed by atoms with Crippen LogP contribution in [0.2, 0.25) is 0 Å². The Morgan fingerprint density at radius 3 is 2.67 bits per heavy atom. The highest BCUT2D eigenvalue weighted by Crippen LogP contribution is 2.18. The molecule has 0 unspecified atom stereocenters. The van der Waals surface area contributed by atoms with Gasteiger partial charge in [0.25, 0.3) is 0 Å². The molecule has 0 bridgehead atoms. The zero-order valence-corrected chi connectivity index (χ0v) is 9.81. The Bertz CT molecular complexity index is 287. The van der Waals surface area contributed by atoms with Gasteiger partial charge in [0, 0.05) is 6.54 Å². The predicted molar refractivity (Wildman–Crippen MR) is 63.7 cm³/mol. The van der Waals surface area contributed by atoms with E-state index >= 15 is 0 Å². The predicted octanol–water partition coefficient (Wildman–Crippen LogP) is 3.98. The summed E-state index contributed by atoms with van der Waals surface area (Å²) in [7, 11) is 0. The van der Waals surface area contributed by atoms with Gasteiger partial charge in [-0.25, -0.2) is 4.39 Å². The number of rotatable bonds is 5. The summed E-state index contributed by atoms with van der Waals surface area (Å²) in [6.45, 7) is 7.18. The van der Waals surface area contributed by atoms with Crippen molar-refractivity contribution in [2.45, 2.75) is 33.6 Å². The fraction of sp³-hybridized carbons (Fsp3) is 0.538. The van der Waals surface area contributed by atoms with E-state index in [9.17, 15) is 4.39 Å². The SMILES string of the molecule is Cc1cccc(F)c1NCCCC(C)C. The van der Waals surface area contributed by atoms with Crippen LogP contribution >= 0.6 is 0 Å². The highest BCUT2D eigenvalue weighted by molar-refractivity contribution is 5.51. The van der Waals surface area contributed by atoms with E-state index in [1.54, 1.807) is 6.07 Å². The second-order valence-corrected chi connectivity index (χ2v) is 4.39. The number of anilines is 1. The number of aryl methyl sites for hydroxylation is 1. The molecule has 0 spiro atoms. The van der Waals surface area contributed by atoms with E-state index in [1.807, 2.05) is 13.0 Å². The van der Waals surface area contributed by atoms with E-state index < -0.39 is 0 Å². The van der Waals surface area contributed by atoms with Gasteiger partial charge in [-0.2, -0.15) is 0 Å². The first-order valence-electron chi connectivity index (χ1n) is 5.60. The van der Waals surface area contributed by atoms with Gasteiger partial charge in [0.05, 0.1) is 5.69 Å². The molecule has 0 saturated carbocycles. The Balaban J connectivity index is 2.43. The molecular weight excluding hydrogens is 189 g/mol. The third kappa shape index (κ3) is 3.90. The quantitative estimate of drug-likeness (QED) is 0.723. The minimum atomic E-state index is -0.153. The summed E-state index contributed by atoms with van der Waals surface area (Å²) in [4.78, 5) is 0. The van der Waals surface area contributed by atoms with Gasteiger partial charge >= 0.3 is 0 Å². The Morgan fingerprint density at radius 2 is 2.07 bits per heavy atom. The van der Waals surface area contributed by atoms with E-state index in [0.29, 0.717) is 11.6 Å². The molecule has 0 radical (unpaired) electrons. The van der Waals surface area contributed by atoms with E-state index in [4.69, 9.17) is 0 Å². The van der Waals surface area contributed by atoms with Crippen LogP contribution in [0.25, 0.3) is 0 Å². The number of para-hydroxylation sites is 1. The lowest BCUT2D eigenvalue weighted by Gasteiger charge is -2.11. The van der Waals surface area contributed by atoms with Crippen LogP contribution in [0.15, 0.2) is 18.2 Å². The molecule has 1 rings (SSSR count). The highest BCUT2D eigenvalue weighted by atomic mass is 19.1. The minimum Gasteiger partial charge on any atom is -0.382 e. The molecule has 0 aliphatic rings. The largest absolute Gasteiger partial charge is 0.382 e. The van der Waals surface area contributed by atoms with Gasteiger partial charge in [0.1, 0.15) is 5.82 Å². The number of nitrogens with one attached hydrogen (secondary N) is 1. The monoisotopic (exact) mass is 209 g/mol. The van der Waals surface area contributed by atoms with E-state index in [1.165, 1.54) is 12.5 Å². The van der Waals surface area contributed by atoms with Crippen molar-refractivity contribution < 1.29 is 4.39 Å². The lowest BCUT2D eigenvalue weighted by atomic mass is 10.1. The van der Waals surface area contributed by atoms with Crippen LogP contribution in [0.1, 0.15) is 32.3 Å². The fourth-order valence-corrected chi connectivity index (χ4v) is 1.58. The van der Waals surface area contributed by atoms with Crippen LogP contribution in [0.3, 0.4) is 0 Å². The molecule has 0 fully saturated rings. The molecule has 0 amide bonds. The van der Waals surface area contributed by atoms with Crippen LogP contribution in [-0.4, -0.2) is 6.54 Å². The molecular formula is C13H20FN. The van der Waals surface area contributed by atoms with Gasteiger partial charge in [-0.05, 0) is 37.3 Å². The Hall–Kier alpha value is -1.05. The topological polar surface area (TPSA) is 12.0 Å². The van der Waals surface area contributed by atoms with Crippen molar-refractivity contribution in [3.8, 4) is 0 Å². The molecule has 15 heavy (non-hydrogen) atoms. The van der Waals surface area contributed by atoms with Gasteiger partial charge in [0.15, 0.2) is 0 Å². The molecule has 1 N–H and O–H groups in total. The lowest BCUT2D eigenvalue weighted by molar-refractivity contribution is 0.565. The van der Waals surface area contributed by atoms with Gasteiger partial charge in [-0.15, -0.1) is 0 Å². The summed E-state index contributed by atoms with van der Waals surface area (Å²) in [6.07, 6.45) is 2.27. The maximum atomic E-state index is 13.4. The van der Waals surface area contributed by atoms with E-state index in [2.05, 4.69) is 19.2 Å². The molecule has 1 aromatic carbocycles. The molecule has 0 saturated heterocycles. The Morgan fingerprint density at radius 1 is 1.33 bits per heavy atom. The molecule has 0 aliphatic carbocycles. The zero-order valence-electron chi connectivity index (χ0n) is 9.81. The summed E-state index contributed by atoms with van der Waals surface area (Å²) >= 11 is 0. The number of halogens is 1. The molecule has 0 aromatic heterocycles. The van der Waals surface area contributed by atoms with Gasteiger partial charge < -0.3 is 5.32 Å². The molecule has 0 atom stereocenters. The van der Waals surface area contributed by atoms with Gasteiger partial charge in [0.2, 0.25) is 0 Å². The number of benzene rings is 1. The van der Waals surface area contributed by atoms with Crippen LogP contribution < -0.4 is 5.32 Å². The summed E-state index contributed by atoms with van der Waals surface area (Å²) in [6, 6.07) is 5.16. The van der Waals surface area contributed by atoms with E-state index in [0.717, 1.165) is 18.5 Å². The molecule has 2 heteroatoms. The molecule has 84 valence electrons. The van der Waals surface area contributed by atoms with Crippen molar-refractivity contribution in [1.82, 2.24) is 0 Å². The number of hydrogen-bond acceptors (Lipinski definition) is 1. The van der Waals surface area contributed by atoms with Crippen molar-refractivity contribution >= 4 is 5.69 Å². The van der Waals surface area contributed by atoms with Crippen molar-refractivity contribution in [1.29, 1.82) is 0 Å². The first-order chi connectivity index (χ1) is 7.11. The zero-order chi connectivity index (χ0) is 11.3. The average molecular weight is 209 g/mol. The van der Waals surface area contributed by atoms with Crippen molar-refractivity contribution in [2.24, 2.45) is 5.92 Å². The second kappa shape index (κ2) is 5.74. The molecule has 0 heterocycles. The lowest BCUT2D eigenvalue weighted by Crippen LogP contribution is -2.06.